The highest BCUT2D eigenvalue weighted by Crippen LogP contribution is 2.29. The maximum atomic E-state index is 10.0. The predicted octanol–water partition coefficient (Wildman–Crippen LogP) is -2.36. The second-order valence-electron chi connectivity index (χ2n) is 4.76. The van der Waals surface area contributed by atoms with E-state index in [9.17, 15) is 10.2 Å². The number of fused-ring (bicyclic) bond motifs is 1. The third kappa shape index (κ3) is 1.98. The van der Waals surface area contributed by atoms with Gasteiger partial charge in [0.05, 0.1) is 12.9 Å². The topological polar surface area (TPSA) is 134 Å². The van der Waals surface area contributed by atoms with E-state index in [1.807, 2.05) is 0 Å². The van der Waals surface area contributed by atoms with E-state index in [0.717, 1.165) is 0 Å². The van der Waals surface area contributed by atoms with Gasteiger partial charge in [0.2, 0.25) is 0 Å². The minimum Gasteiger partial charge on any atom is -0.394 e. The number of aliphatic hydroxyl groups is 3. The van der Waals surface area contributed by atoms with Gasteiger partial charge in [-0.1, -0.05) is 0 Å². The fourth-order valence-electron chi connectivity index (χ4n) is 2.49. The molecule has 6 atom stereocenters. The van der Waals surface area contributed by atoms with Gasteiger partial charge in [0.15, 0.2) is 17.7 Å². The summed E-state index contributed by atoms with van der Waals surface area (Å²) in [4.78, 5) is 9.74. The molecule has 0 bridgehead atoms. The molecule has 1 fully saturated rings. The van der Waals surface area contributed by atoms with Gasteiger partial charge in [0.1, 0.15) is 30.2 Å². The van der Waals surface area contributed by atoms with Crippen LogP contribution in [-0.2, 0) is 4.74 Å². The van der Waals surface area contributed by atoms with E-state index in [0.29, 0.717) is 0 Å². The minimum absolute atomic E-state index is 0.0542. The minimum atomic E-state index is -1.21. The zero-order valence-corrected chi connectivity index (χ0v) is 11.0. The third-order valence-electron chi connectivity index (χ3n) is 3.54. The van der Waals surface area contributed by atoms with Crippen LogP contribution in [0, 0.1) is 5.41 Å². The molecule has 3 aliphatic heterocycles. The molecule has 0 amide bonds. The number of rotatable bonds is 2. The van der Waals surface area contributed by atoms with Crippen LogP contribution in [0.1, 0.15) is 0 Å². The predicted molar refractivity (Wildman–Crippen MR) is 69.8 cm³/mol. The molecule has 5 N–H and O–H groups in total. The fraction of sp³-hybridized carbons (Fsp3) is 0.700. The number of halogens is 1. The normalized spacial score (nSPS) is 43.5. The maximum Gasteiger partial charge on any atom is 0.198 e. The molecular weight excluding hydrogens is 290 g/mol. The van der Waals surface area contributed by atoms with Gasteiger partial charge in [-0.15, -0.1) is 0 Å². The lowest BCUT2D eigenvalue weighted by atomic mass is 10.1. The molecule has 0 aromatic heterocycles. The molecule has 0 aliphatic carbocycles. The lowest BCUT2D eigenvalue weighted by Crippen LogP contribution is -2.54. The lowest BCUT2D eigenvalue weighted by Gasteiger charge is -2.33. The van der Waals surface area contributed by atoms with Crippen molar-refractivity contribution in [1.82, 2.24) is 10.2 Å². The number of hydrogen-bond acceptors (Lipinski definition) is 8. The fourth-order valence-corrected chi connectivity index (χ4v) is 2.70. The molecule has 20 heavy (non-hydrogen) atoms. The van der Waals surface area contributed by atoms with Crippen molar-refractivity contribution < 1.29 is 20.1 Å². The molecule has 1 saturated heterocycles. The van der Waals surface area contributed by atoms with Gasteiger partial charge < -0.3 is 30.3 Å². The molecule has 0 radical (unpaired) electrons. The van der Waals surface area contributed by atoms with Crippen LogP contribution in [0.4, 0.5) is 0 Å². The summed E-state index contributed by atoms with van der Waals surface area (Å²) in [6, 6.07) is -0.557. The molecule has 3 rings (SSSR count). The molecule has 10 heteroatoms. The molecule has 110 valence electrons. The Morgan fingerprint density at radius 2 is 2.20 bits per heavy atom. The highest BCUT2D eigenvalue weighted by atomic mass is 35.5. The van der Waals surface area contributed by atoms with Crippen molar-refractivity contribution in [1.29, 1.82) is 5.41 Å². The van der Waals surface area contributed by atoms with Crippen LogP contribution < -0.4 is 5.32 Å². The molecular formula is C10H14ClN5O4. The summed E-state index contributed by atoms with van der Waals surface area (Å²) in [5.74, 6) is 0.0977. The average molecular weight is 304 g/mol. The molecule has 0 spiro atoms. The van der Waals surface area contributed by atoms with Crippen molar-refractivity contribution in [2.45, 2.75) is 36.7 Å². The summed E-state index contributed by atoms with van der Waals surface area (Å²) < 4.78 is 5.42. The van der Waals surface area contributed by atoms with Crippen molar-refractivity contribution in [3.8, 4) is 0 Å². The molecule has 0 aromatic carbocycles. The first kappa shape index (κ1) is 13.7. The summed E-state index contributed by atoms with van der Waals surface area (Å²) in [6.45, 7) is -0.408. The van der Waals surface area contributed by atoms with Gasteiger partial charge in [-0.25, -0.2) is 4.99 Å². The van der Waals surface area contributed by atoms with E-state index in [2.05, 4.69) is 15.3 Å². The van der Waals surface area contributed by atoms with Crippen molar-refractivity contribution in [3.05, 3.63) is 0 Å². The maximum absolute atomic E-state index is 10.0. The highest BCUT2D eigenvalue weighted by Gasteiger charge is 2.50. The van der Waals surface area contributed by atoms with Gasteiger partial charge in [-0.2, -0.15) is 0 Å². The Labute approximate surface area is 119 Å². The number of amidine groups is 2. The van der Waals surface area contributed by atoms with E-state index < -0.39 is 43.4 Å². The molecule has 0 saturated carbocycles. The second kappa shape index (κ2) is 4.93. The molecule has 3 aliphatic rings. The van der Waals surface area contributed by atoms with Crippen molar-refractivity contribution in [3.63, 3.8) is 0 Å². The summed E-state index contributed by atoms with van der Waals surface area (Å²) in [5.41, 5.74) is 0. The molecule has 9 nitrogen and oxygen atoms in total. The Bertz CT molecular complexity index is 486. The Kier molecular flexibility index (Phi) is 3.38. The van der Waals surface area contributed by atoms with Gasteiger partial charge >= 0.3 is 0 Å². The zero-order valence-electron chi connectivity index (χ0n) is 10.2. The number of aliphatic hydroxyl groups excluding tert-OH is 3. The Morgan fingerprint density at radius 1 is 1.45 bits per heavy atom. The summed E-state index contributed by atoms with van der Waals surface area (Å²) in [6.07, 6.45) is -3.39. The number of nitrogens with zero attached hydrogens (tertiary/aromatic N) is 3. The lowest BCUT2D eigenvalue weighted by molar-refractivity contribution is -0.0779. The quantitative estimate of drug-likeness (QED) is 0.362. The first-order chi connectivity index (χ1) is 9.52. The number of nitrogens with one attached hydrogen (secondary N) is 2. The Balaban J connectivity index is 1.84. The van der Waals surface area contributed by atoms with Gasteiger partial charge in [0, 0.05) is 0 Å². The van der Waals surface area contributed by atoms with Crippen molar-refractivity contribution >= 4 is 29.1 Å². The third-order valence-corrected chi connectivity index (χ3v) is 3.73. The second-order valence-corrected chi connectivity index (χ2v) is 5.12. The van der Waals surface area contributed by atoms with E-state index in [1.165, 1.54) is 11.2 Å². The smallest absolute Gasteiger partial charge is 0.198 e. The first-order valence-corrected chi connectivity index (χ1v) is 6.42. The van der Waals surface area contributed by atoms with E-state index in [1.54, 1.807) is 0 Å². The standard InChI is InChI=1S/C10H14ClN5O4/c11-10-14-7(12)4-8(15-10)16(2-13-4)9-6(19)5(18)3(1-17)20-9/h2-6,8-9,17-19H,1H2,(H2,12,14,15)/t3-,4?,5+,6-,8?,9-/m1/s1. The van der Waals surface area contributed by atoms with Gasteiger partial charge in [0.25, 0.3) is 0 Å². The average Bonchev–Trinajstić information content (AvgIpc) is 2.93. The van der Waals surface area contributed by atoms with Gasteiger partial charge in [-0.3, -0.25) is 10.4 Å². The van der Waals surface area contributed by atoms with Crippen LogP contribution >= 0.6 is 11.6 Å². The Hall–Kier alpha value is -1.26. The number of aliphatic imine (C=N–C) groups is 2. The van der Waals surface area contributed by atoms with Crippen LogP contribution in [0.25, 0.3) is 0 Å². The van der Waals surface area contributed by atoms with Crippen LogP contribution in [0.5, 0.6) is 0 Å². The number of ether oxygens (including phenoxy) is 1. The zero-order chi connectivity index (χ0) is 14.4. The molecule has 3 heterocycles. The van der Waals surface area contributed by atoms with Crippen molar-refractivity contribution in [2.24, 2.45) is 9.98 Å². The van der Waals surface area contributed by atoms with E-state index >= 15 is 0 Å². The molecule has 0 aromatic rings. The molecule has 2 unspecified atom stereocenters. The van der Waals surface area contributed by atoms with Crippen LogP contribution in [0.15, 0.2) is 9.98 Å². The summed E-state index contributed by atoms with van der Waals surface area (Å²) in [7, 11) is 0. The largest absolute Gasteiger partial charge is 0.394 e. The van der Waals surface area contributed by atoms with Crippen LogP contribution in [0.2, 0.25) is 0 Å². The Morgan fingerprint density at radius 3 is 2.85 bits per heavy atom. The summed E-state index contributed by atoms with van der Waals surface area (Å²) >= 11 is 5.79. The monoisotopic (exact) mass is 303 g/mol. The van der Waals surface area contributed by atoms with Crippen molar-refractivity contribution in [2.75, 3.05) is 6.61 Å². The van der Waals surface area contributed by atoms with Crippen LogP contribution in [-0.4, -0.2) is 81.0 Å². The van der Waals surface area contributed by atoms with E-state index in [-0.39, 0.29) is 11.1 Å². The number of hydrogen-bond donors (Lipinski definition) is 5. The highest BCUT2D eigenvalue weighted by molar-refractivity contribution is 6.66. The van der Waals surface area contributed by atoms with E-state index in [4.69, 9.17) is 26.9 Å². The van der Waals surface area contributed by atoms with Gasteiger partial charge in [-0.05, 0) is 11.6 Å². The SMILES string of the molecule is N=C1NC(Cl)=NC2C1N=CN2[C@@H]1O[C@H](CO)[C@H](O)[C@H]1O. The van der Waals surface area contributed by atoms with Crippen LogP contribution in [0.3, 0.4) is 0 Å². The summed E-state index contributed by atoms with van der Waals surface area (Å²) in [5, 5.41) is 39.2. The first-order valence-electron chi connectivity index (χ1n) is 6.05.